The number of rotatable bonds is 1. The fourth-order valence-corrected chi connectivity index (χ4v) is 2.72. The van der Waals surface area contributed by atoms with Gasteiger partial charge in [0.1, 0.15) is 0 Å². The summed E-state index contributed by atoms with van der Waals surface area (Å²) in [6, 6.07) is 4.80. The van der Waals surface area contributed by atoms with Crippen molar-refractivity contribution in [2.45, 2.75) is 18.5 Å². The molecule has 1 aromatic carbocycles. The minimum absolute atomic E-state index is 0.0217. The molecule has 1 saturated heterocycles. The Hall–Kier alpha value is -0.770. The van der Waals surface area contributed by atoms with Gasteiger partial charge in [-0.3, -0.25) is 4.79 Å². The molecule has 3 nitrogen and oxygen atoms in total. The van der Waals surface area contributed by atoms with Crippen molar-refractivity contribution in [3.8, 4) is 0 Å². The van der Waals surface area contributed by atoms with Crippen LogP contribution in [0.4, 0.5) is 0 Å². The first kappa shape index (κ1) is 11.7. The van der Waals surface area contributed by atoms with Gasteiger partial charge in [-0.2, -0.15) is 0 Å². The van der Waals surface area contributed by atoms with Crippen LogP contribution < -0.4 is 5.73 Å². The number of likely N-dealkylation sites (tertiary alicyclic amines) is 1. The lowest BCUT2D eigenvalue weighted by atomic mass is 10.0. The topological polar surface area (TPSA) is 46.3 Å². The Balaban J connectivity index is 2.48. The van der Waals surface area contributed by atoms with E-state index in [2.05, 4.69) is 0 Å². The summed E-state index contributed by atoms with van der Waals surface area (Å²) in [5, 5.41) is 1.10. The lowest BCUT2D eigenvalue weighted by Gasteiger charge is -2.25. The van der Waals surface area contributed by atoms with Gasteiger partial charge in [0.25, 0.3) is 0 Å². The van der Waals surface area contributed by atoms with Gasteiger partial charge in [0, 0.05) is 35.1 Å². The molecule has 0 bridgehead atoms. The van der Waals surface area contributed by atoms with Gasteiger partial charge in [0.15, 0.2) is 0 Å². The molecule has 0 spiro atoms. The summed E-state index contributed by atoms with van der Waals surface area (Å²) < 4.78 is 0. The Morgan fingerprint density at radius 1 is 1.38 bits per heavy atom. The van der Waals surface area contributed by atoms with Gasteiger partial charge in [-0.25, -0.2) is 0 Å². The smallest absolute Gasteiger partial charge is 0.224 e. The summed E-state index contributed by atoms with van der Waals surface area (Å²) in [5.41, 5.74) is 6.69. The van der Waals surface area contributed by atoms with Gasteiger partial charge in [0.2, 0.25) is 5.91 Å². The molecule has 1 amide bonds. The number of carbonyl (C=O) groups is 1. The van der Waals surface area contributed by atoms with Crippen molar-refractivity contribution >= 4 is 29.1 Å². The van der Waals surface area contributed by atoms with E-state index in [1.165, 1.54) is 0 Å². The van der Waals surface area contributed by atoms with E-state index in [9.17, 15) is 4.79 Å². The highest BCUT2D eigenvalue weighted by molar-refractivity contribution is 6.36. The molecule has 1 heterocycles. The predicted molar refractivity (Wildman–Crippen MR) is 64.6 cm³/mol. The minimum atomic E-state index is -0.255. The van der Waals surface area contributed by atoms with Crippen LogP contribution in [0.5, 0.6) is 0 Å². The fraction of sp³-hybridized carbons (Fsp3) is 0.364. The molecule has 1 aliphatic heterocycles. The maximum Gasteiger partial charge on any atom is 0.224 e. The zero-order valence-electron chi connectivity index (χ0n) is 8.78. The summed E-state index contributed by atoms with van der Waals surface area (Å²) in [7, 11) is 1.72. The van der Waals surface area contributed by atoms with Crippen LogP contribution in [0.1, 0.15) is 18.0 Å². The minimum Gasteiger partial charge on any atom is -0.337 e. The van der Waals surface area contributed by atoms with Crippen LogP contribution in [-0.2, 0) is 4.79 Å². The molecule has 1 aliphatic rings. The lowest BCUT2D eigenvalue weighted by molar-refractivity contribution is -0.127. The summed E-state index contributed by atoms with van der Waals surface area (Å²) in [4.78, 5) is 13.2. The third-order valence-corrected chi connectivity index (χ3v) is 3.58. The number of likely N-dealkylation sites (N-methyl/N-ethyl adjacent to an activating group) is 1. The monoisotopic (exact) mass is 258 g/mol. The Labute approximate surface area is 104 Å². The van der Waals surface area contributed by atoms with E-state index in [0.29, 0.717) is 16.5 Å². The van der Waals surface area contributed by atoms with E-state index in [1.807, 2.05) is 0 Å². The molecule has 2 N–H and O–H groups in total. The quantitative estimate of drug-likeness (QED) is 0.840. The number of hydrogen-bond acceptors (Lipinski definition) is 2. The second-order valence-corrected chi connectivity index (χ2v) is 4.77. The van der Waals surface area contributed by atoms with Gasteiger partial charge < -0.3 is 10.6 Å². The van der Waals surface area contributed by atoms with Crippen molar-refractivity contribution in [2.24, 2.45) is 5.73 Å². The molecular weight excluding hydrogens is 247 g/mol. The second-order valence-electron chi connectivity index (χ2n) is 3.95. The summed E-state index contributed by atoms with van der Waals surface area (Å²) in [5.74, 6) is 0.0217. The fourth-order valence-electron chi connectivity index (χ4n) is 2.10. The van der Waals surface area contributed by atoms with Crippen LogP contribution in [-0.4, -0.2) is 23.9 Å². The third-order valence-electron chi connectivity index (χ3n) is 2.92. The predicted octanol–water partition coefficient (Wildman–Crippen LogP) is 2.22. The Morgan fingerprint density at radius 2 is 1.94 bits per heavy atom. The van der Waals surface area contributed by atoms with E-state index < -0.39 is 0 Å². The van der Waals surface area contributed by atoms with E-state index in [-0.39, 0.29) is 18.0 Å². The maximum atomic E-state index is 11.6. The van der Waals surface area contributed by atoms with Crippen LogP contribution in [0.15, 0.2) is 18.2 Å². The standard InChI is InChI=1S/C11H12Cl2N2O/c1-15-9(16)5-8(14)11(15)10-6(12)3-2-4-7(10)13/h2-4,8,11H,5,14H2,1H3. The van der Waals surface area contributed by atoms with Crippen LogP contribution in [0.25, 0.3) is 0 Å². The molecule has 0 saturated carbocycles. The molecule has 0 aliphatic carbocycles. The van der Waals surface area contributed by atoms with Crippen molar-refractivity contribution in [2.75, 3.05) is 7.05 Å². The largest absolute Gasteiger partial charge is 0.337 e. The van der Waals surface area contributed by atoms with Crippen LogP contribution in [0, 0.1) is 0 Å². The molecule has 0 aromatic heterocycles. The summed E-state index contributed by atoms with van der Waals surface area (Å²) in [6.07, 6.45) is 0.336. The maximum absolute atomic E-state index is 11.6. The Morgan fingerprint density at radius 3 is 2.38 bits per heavy atom. The molecule has 2 atom stereocenters. The van der Waals surface area contributed by atoms with Crippen molar-refractivity contribution in [1.29, 1.82) is 0 Å². The average molecular weight is 259 g/mol. The molecule has 2 rings (SSSR count). The van der Waals surface area contributed by atoms with Gasteiger partial charge in [-0.15, -0.1) is 0 Å². The number of halogens is 2. The highest BCUT2D eigenvalue weighted by Crippen LogP contribution is 2.38. The van der Waals surface area contributed by atoms with E-state index in [4.69, 9.17) is 28.9 Å². The zero-order chi connectivity index (χ0) is 11.9. The number of nitrogens with two attached hydrogens (primary N) is 1. The lowest BCUT2D eigenvalue weighted by Crippen LogP contribution is -2.30. The number of hydrogen-bond donors (Lipinski definition) is 1. The van der Waals surface area contributed by atoms with Crippen LogP contribution in [0.3, 0.4) is 0 Å². The van der Waals surface area contributed by atoms with Crippen LogP contribution in [0.2, 0.25) is 10.0 Å². The van der Waals surface area contributed by atoms with E-state index >= 15 is 0 Å². The van der Waals surface area contributed by atoms with Crippen molar-refractivity contribution in [1.82, 2.24) is 4.90 Å². The van der Waals surface area contributed by atoms with Crippen molar-refractivity contribution in [3.05, 3.63) is 33.8 Å². The highest BCUT2D eigenvalue weighted by Gasteiger charge is 2.38. The third kappa shape index (κ3) is 1.79. The normalized spacial score (nSPS) is 25.2. The first-order chi connectivity index (χ1) is 7.52. The number of amides is 1. The van der Waals surface area contributed by atoms with Gasteiger partial charge in [-0.05, 0) is 12.1 Å². The molecule has 16 heavy (non-hydrogen) atoms. The van der Waals surface area contributed by atoms with Crippen molar-refractivity contribution in [3.63, 3.8) is 0 Å². The molecule has 5 heteroatoms. The van der Waals surface area contributed by atoms with E-state index in [1.54, 1.807) is 30.1 Å². The van der Waals surface area contributed by atoms with E-state index in [0.717, 1.165) is 5.56 Å². The molecule has 0 radical (unpaired) electrons. The average Bonchev–Trinajstić information content (AvgIpc) is 2.44. The zero-order valence-corrected chi connectivity index (χ0v) is 10.3. The Bertz CT molecular complexity index is 416. The Kier molecular flexibility index (Phi) is 3.10. The SMILES string of the molecule is CN1C(=O)CC(N)C1c1c(Cl)cccc1Cl. The molecule has 86 valence electrons. The molecule has 2 unspecified atom stereocenters. The summed E-state index contributed by atoms with van der Waals surface area (Å²) >= 11 is 12.2. The number of benzene rings is 1. The molecule has 1 fully saturated rings. The van der Waals surface area contributed by atoms with Gasteiger partial charge in [-0.1, -0.05) is 29.3 Å². The second kappa shape index (κ2) is 4.24. The highest BCUT2D eigenvalue weighted by atomic mass is 35.5. The molecule has 1 aromatic rings. The first-order valence-electron chi connectivity index (χ1n) is 4.97. The number of nitrogens with zero attached hydrogens (tertiary/aromatic N) is 1. The van der Waals surface area contributed by atoms with Crippen LogP contribution >= 0.6 is 23.2 Å². The number of carbonyl (C=O) groups excluding carboxylic acids is 1. The first-order valence-corrected chi connectivity index (χ1v) is 5.73. The molecular formula is C11H12Cl2N2O. The van der Waals surface area contributed by atoms with Gasteiger partial charge >= 0.3 is 0 Å². The summed E-state index contributed by atoms with van der Waals surface area (Å²) in [6.45, 7) is 0. The van der Waals surface area contributed by atoms with Gasteiger partial charge in [0.05, 0.1) is 6.04 Å². The van der Waals surface area contributed by atoms with Crippen molar-refractivity contribution < 1.29 is 4.79 Å².